The smallest absolute Gasteiger partial charge is 0.287 e. The second-order valence-corrected chi connectivity index (χ2v) is 5.45. The van der Waals surface area contributed by atoms with Crippen molar-refractivity contribution in [1.29, 1.82) is 0 Å². The Hall–Kier alpha value is -1.89. The lowest BCUT2D eigenvalue weighted by Crippen LogP contribution is -2.51. The molecule has 1 atom stereocenters. The van der Waals surface area contributed by atoms with Gasteiger partial charge < -0.3 is 14.8 Å². The van der Waals surface area contributed by atoms with Crippen LogP contribution in [0, 0.1) is 10.1 Å². The zero-order chi connectivity index (χ0) is 14.9. The van der Waals surface area contributed by atoms with Crippen molar-refractivity contribution < 1.29 is 9.72 Å². The highest BCUT2D eigenvalue weighted by Crippen LogP contribution is 2.22. The largest absolute Gasteiger partial charge is 0.335 e. The normalized spacial score (nSPS) is 19.4. The predicted octanol–water partition coefficient (Wildman–Crippen LogP) is 1.41. The summed E-state index contributed by atoms with van der Waals surface area (Å²) >= 11 is 0. The fraction of sp³-hybridized carbons (Fsp3) is 0.615. The van der Waals surface area contributed by atoms with E-state index in [9.17, 15) is 14.9 Å². The number of piperazine rings is 1. The van der Waals surface area contributed by atoms with Crippen LogP contribution in [0.5, 0.6) is 0 Å². The molecule has 2 rings (SSSR count). The van der Waals surface area contributed by atoms with Gasteiger partial charge in [0.15, 0.2) is 0 Å². The number of carbonyl (C=O) groups is 1. The molecule has 2 heterocycles. The minimum atomic E-state index is -0.462. The molecule has 7 nitrogen and oxygen atoms in total. The molecule has 1 saturated heterocycles. The standard InChI is InChI=1S/C13H20N4O3/c1-9(2)16-8-11(17(19)20)6-12(16)13(18)15-5-4-14-10(3)7-15/h6,8-10,14H,4-5,7H2,1-3H3/t10-/m1/s1. The van der Waals surface area contributed by atoms with E-state index >= 15 is 0 Å². The molecule has 1 aromatic heterocycles. The number of aromatic nitrogens is 1. The molecule has 0 saturated carbocycles. The Bertz CT molecular complexity index is 524. The van der Waals surface area contributed by atoms with Gasteiger partial charge in [-0.05, 0) is 20.8 Å². The van der Waals surface area contributed by atoms with Crippen molar-refractivity contribution in [1.82, 2.24) is 14.8 Å². The third-order valence-electron chi connectivity index (χ3n) is 3.48. The lowest BCUT2D eigenvalue weighted by atomic mass is 10.2. The summed E-state index contributed by atoms with van der Waals surface area (Å²) in [5.74, 6) is -0.139. The van der Waals surface area contributed by atoms with E-state index in [0.29, 0.717) is 18.8 Å². The topological polar surface area (TPSA) is 80.4 Å². The van der Waals surface area contributed by atoms with Crippen LogP contribution in [0.25, 0.3) is 0 Å². The maximum atomic E-state index is 12.6. The van der Waals surface area contributed by atoms with Gasteiger partial charge in [-0.3, -0.25) is 14.9 Å². The summed E-state index contributed by atoms with van der Waals surface area (Å²) in [6.45, 7) is 7.82. The molecule has 1 aliphatic heterocycles. The van der Waals surface area contributed by atoms with E-state index in [0.717, 1.165) is 6.54 Å². The number of nitrogens with zero attached hydrogens (tertiary/aromatic N) is 3. The van der Waals surface area contributed by atoms with Crippen molar-refractivity contribution in [3.05, 3.63) is 28.1 Å². The minimum Gasteiger partial charge on any atom is -0.335 e. The van der Waals surface area contributed by atoms with Crippen LogP contribution in [-0.2, 0) is 0 Å². The van der Waals surface area contributed by atoms with Crippen LogP contribution < -0.4 is 5.32 Å². The van der Waals surface area contributed by atoms with E-state index in [4.69, 9.17) is 0 Å². The molecule has 7 heteroatoms. The van der Waals surface area contributed by atoms with Gasteiger partial charge in [0.25, 0.3) is 11.6 Å². The quantitative estimate of drug-likeness (QED) is 0.670. The van der Waals surface area contributed by atoms with E-state index in [1.807, 2.05) is 20.8 Å². The lowest BCUT2D eigenvalue weighted by molar-refractivity contribution is -0.384. The first-order valence-corrected chi connectivity index (χ1v) is 6.79. The van der Waals surface area contributed by atoms with Crippen LogP contribution in [0.2, 0.25) is 0 Å². The lowest BCUT2D eigenvalue weighted by Gasteiger charge is -2.32. The molecule has 20 heavy (non-hydrogen) atoms. The fourth-order valence-electron chi connectivity index (χ4n) is 2.44. The highest BCUT2D eigenvalue weighted by Gasteiger charge is 2.27. The van der Waals surface area contributed by atoms with Gasteiger partial charge in [0.05, 0.1) is 11.1 Å². The Balaban J connectivity index is 2.30. The predicted molar refractivity (Wildman–Crippen MR) is 74.8 cm³/mol. The molecule has 1 N–H and O–H groups in total. The van der Waals surface area contributed by atoms with Crippen LogP contribution in [-0.4, -0.2) is 46.0 Å². The van der Waals surface area contributed by atoms with Crippen molar-refractivity contribution in [2.75, 3.05) is 19.6 Å². The first-order valence-electron chi connectivity index (χ1n) is 6.79. The summed E-state index contributed by atoms with van der Waals surface area (Å²) in [4.78, 5) is 24.7. The number of nitro groups is 1. The van der Waals surface area contributed by atoms with E-state index in [1.165, 1.54) is 12.3 Å². The molecule has 1 fully saturated rings. The van der Waals surface area contributed by atoms with Crippen LogP contribution in [0.3, 0.4) is 0 Å². The van der Waals surface area contributed by atoms with Crippen molar-refractivity contribution in [3.63, 3.8) is 0 Å². The maximum Gasteiger partial charge on any atom is 0.287 e. The van der Waals surface area contributed by atoms with Crippen LogP contribution >= 0.6 is 0 Å². The SMILES string of the molecule is CC(C)n1cc([N+](=O)[O-])cc1C(=O)N1CCN[C@H](C)C1. The number of rotatable bonds is 3. The Morgan fingerprint density at radius 3 is 2.80 bits per heavy atom. The molecule has 1 aromatic rings. The van der Waals surface area contributed by atoms with Gasteiger partial charge in [0, 0.05) is 37.8 Å². The van der Waals surface area contributed by atoms with Crippen LogP contribution in [0.4, 0.5) is 5.69 Å². The van der Waals surface area contributed by atoms with Gasteiger partial charge in [0.1, 0.15) is 5.69 Å². The van der Waals surface area contributed by atoms with Gasteiger partial charge in [-0.1, -0.05) is 0 Å². The summed E-state index contributed by atoms with van der Waals surface area (Å²) < 4.78 is 1.67. The second kappa shape index (κ2) is 5.62. The molecular formula is C13H20N4O3. The van der Waals surface area contributed by atoms with Crippen molar-refractivity contribution in [3.8, 4) is 0 Å². The van der Waals surface area contributed by atoms with Crippen LogP contribution in [0.15, 0.2) is 12.3 Å². The summed E-state index contributed by atoms with van der Waals surface area (Å²) in [7, 11) is 0. The monoisotopic (exact) mass is 280 g/mol. The number of hydrogen-bond donors (Lipinski definition) is 1. The summed E-state index contributed by atoms with van der Waals surface area (Å²) in [5, 5.41) is 14.2. The fourth-order valence-corrected chi connectivity index (χ4v) is 2.44. The zero-order valence-electron chi connectivity index (χ0n) is 12.0. The Labute approximate surface area is 117 Å². The van der Waals surface area contributed by atoms with E-state index in [2.05, 4.69) is 5.32 Å². The van der Waals surface area contributed by atoms with Gasteiger partial charge >= 0.3 is 0 Å². The average molecular weight is 280 g/mol. The summed E-state index contributed by atoms with van der Waals surface area (Å²) in [5.41, 5.74) is 0.353. The highest BCUT2D eigenvalue weighted by molar-refractivity contribution is 5.93. The van der Waals surface area contributed by atoms with Crippen molar-refractivity contribution in [2.45, 2.75) is 32.9 Å². The Kier molecular flexibility index (Phi) is 4.08. The van der Waals surface area contributed by atoms with Crippen molar-refractivity contribution in [2.24, 2.45) is 0 Å². The molecule has 0 radical (unpaired) electrons. The molecule has 0 spiro atoms. The van der Waals surface area contributed by atoms with E-state index in [1.54, 1.807) is 9.47 Å². The van der Waals surface area contributed by atoms with Crippen molar-refractivity contribution >= 4 is 11.6 Å². The minimum absolute atomic E-state index is 0.00277. The Morgan fingerprint density at radius 1 is 1.55 bits per heavy atom. The molecule has 0 bridgehead atoms. The number of hydrogen-bond acceptors (Lipinski definition) is 4. The van der Waals surface area contributed by atoms with E-state index in [-0.39, 0.29) is 23.7 Å². The highest BCUT2D eigenvalue weighted by atomic mass is 16.6. The third-order valence-corrected chi connectivity index (χ3v) is 3.48. The molecule has 0 aliphatic carbocycles. The molecule has 1 aliphatic rings. The molecule has 1 amide bonds. The zero-order valence-corrected chi connectivity index (χ0v) is 12.0. The summed E-state index contributed by atoms with van der Waals surface area (Å²) in [6, 6.07) is 1.61. The molecule has 0 unspecified atom stereocenters. The second-order valence-electron chi connectivity index (χ2n) is 5.45. The molecular weight excluding hydrogens is 260 g/mol. The maximum absolute atomic E-state index is 12.6. The van der Waals surface area contributed by atoms with Crippen LogP contribution in [0.1, 0.15) is 37.3 Å². The van der Waals surface area contributed by atoms with Gasteiger partial charge in [-0.25, -0.2) is 0 Å². The number of amides is 1. The molecule has 0 aromatic carbocycles. The molecule has 110 valence electrons. The Morgan fingerprint density at radius 2 is 2.25 bits per heavy atom. The average Bonchev–Trinajstić information content (AvgIpc) is 2.83. The number of nitrogens with one attached hydrogen (secondary N) is 1. The van der Waals surface area contributed by atoms with Gasteiger partial charge in [-0.2, -0.15) is 0 Å². The third kappa shape index (κ3) is 2.82. The first-order chi connectivity index (χ1) is 9.40. The van der Waals surface area contributed by atoms with E-state index < -0.39 is 4.92 Å². The first kappa shape index (κ1) is 14.5. The van der Waals surface area contributed by atoms with Gasteiger partial charge in [0.2, 0.25) is 0 Å². The van der Waals surface area contributed by atoms with Gasteiger partial charge in [-0.15, -0.1) is 0 Å². The number of carbonyl (C=O) groups excluding carboxylic acids is 1. The summed E-state index contributed by atoms with van der Waals surface area (Å²) in [6.07, 6.45) is 1.43.